The fourth-order valence-electron chi connectivity index (χ4n) is 2.37. The van der Waals surface area contributed by atoms with Gasteiger partial charge in [0.05, 0.1) is 0 Å². The topological polar surface area (TPSA) is 80.1 Å². The number of aromatic amines is 1. The third-order valence-corrected chi connectivity index (χ3v) is 3.70. The summed E-state index contributed by atoms with van der Waals surface area (Å²) in [5, 5.41) is 7.82. The van der Waals surface area contributed by atoms with E-state index in [2.05, 4.69) is 20.1 Å². The monoisotopic (exact) mass is 307 g/mol. The van der Waals surface area contributed by atoms with Gasteiger partial charge < -0.3 is 15.4 Å². The van der Waals surface area contributed by atoms with Crippen LogP contribution in [0.2, 0.25) is 5.02 Å². The molecule has 1 unspecified atom stereocenters. The van der Waals surface area contributed by atoms with Crippen molar-refractivity contribution in [1.29, 1.82) is 0 Å². The molecule has 1 saturated heterocycles. The number of H-pyrrole nitrogens is 1. The van der Waals surface area contributed by atoms with Crippen LogP contribution in [-0.4, -0.2) is 34.3 Å². The second-order valence-corrected chi connectivity index (χ2v) is 5.61. The Hall–Kier alpha value is -1.79. The first-order valence-electron chi connectivity index (χ1n) is 7.01. The van der Waals surface area contributed by atoms with Gasteiger partial charge >= 0.3 is 0 Å². The highest BCUT2D eigenvalue weighted by Gasteiger charge is 2.20. The molecule has 1 atom stereocenters. The number of nitrogens with zero attached hydrogens (tertiary/aromatic N) is 3. The Morgan fingerprint density at radius 2 is 2.19 bits per heavy atom. The largest absolute Gasteiger partial charge is 0.486 e. The molecule has 1 aromatic heterocycles. The predicted octanol–water partition coefficient (Wildman–Crippen LogP) is 1.96. The van der Waals surface area contributed by atoms with Crippen molar-refractivity contribution < 1.29 is 4.74 Å². The van der Waals surface area contributed by atoms with E-state index in [0.717, 1.165) is 31.7 Å². The number of ether oxygens (including phenoxy) is 1. The van der Waals surface area contributed by atoms with Crippen molar-refractivity contribution in [3.05, 3.63) is 35.1 Å². The van der Waals surface area contributed by atoms with Gasteiger partial charge in [-0.2, -0.15) is 4.98 Å². The first-order chi connectivity index (χ1) is 10.2. The van der Waals surface area contributed by atoms with Crippen LogP contribution in [0.5, 0.6) is 5.75 Å². The van der Waals surface area contributed by atoms with E-state index < -0.39 is 0 Å². The van der Waals surface area contributed by atoms with Crippen molar-refractivity contribution in [2.45, 2.75) is 25.5 Å². The van der Waals surface area contributed by atoms with Gasteiger partial charge in [0.25, 0.3) is 0 Å². The summed E-state index contributed by atoms with van der Waals surface area (Å²) in [6.45, 7) is 2.09. The number of hydrogen-bond donors (Lipinski definition) is 2. The van der Waals surface area contributed by atoms with E-state index >= 15 is 0 Å². The SMILES string of the molecule is NC1CCCN(c2n[nH]c(COc3ccc(Cl)cc3)n2)C1. The van der Waals surface area contributed by atoms with Gasteiger partial charge in [-0.1, -0.05) is 11.6 Å². The molecule has 0 amide bonds. The molecule has 0 saturated carbocycles. The highest BCUT2D eigenvalue weighted by Crippen LogP contribution is 2.18. The van der Waals surface area contributed by atoms with E-state index in [4.69, 9.17) is 22.1 Å². The van der Waals surface area contributed by atoms with Crippen molar-refractivity contribution in [2.24, 2.45) is 5.73 Å². The molecule has 6 nitrogen and oxygen atoms in total. The summed E-state index contributed by atoms with van der Waals surface area (Å²) in [7, 11) is 0. The van der Waals surface area contributed by atoms with Gasteiger partial charge in [-0.25, -0.2) is 0 Å². The smallest absolute Gasteiger partial charge is 0.244 e. The normalized spacial score (nSPS) is 18.8. The number of nitrogens with one attached hydrogen (secondary N) is 1. The van der Waals surface area contributed by atoms with Crippen LogP contribution >= 0.6 is 11.6 Å². The van der Waals surface area contributed by atoms with E-state index in [1.807, 2.05) is 12.1 Å². The fraction of sp³-hybridized carbons (Fsp3) is 0.429. The summed E-state index contributed by atoms with van der Waals surface area (Å²) in [6, 6.07) is 7.42. The zero-order chi connectivity index (χ0) is 14.7. The van der Waals surface area contributed by atoms with Gasteiger partial charge in [0.1, 0.15) is 12.4 Å². The summed E-state index contributed by atoms with van der Waals surface area (Å²) < 4.78 is 5.63. The highest BCUT2D eigenvalue weighted by atomic mass is 35.5. The van der Waals surface area contributed by atoms with Gasteiger partial charge in [-0.15, -0.1) is 5.10 Å². The summed E-state index contributed by atoms with van der Waals surface area (Å²) in [6.07, 6.45) is 2.14. The average molecular weight is 308 g/mol. The first-order valence-corrected chi connectivity index (χ1v) is 7.38. The van der Waals surface area contributed by atoms with Crippen LogP contribution in [0.25, 0.3) is 0 Å². The number of anilines is 1. The molecule has 112 valence electrons. The molecule has 2 heterocycles. The molecular formula is C14H18ClN5O. The Bertz CT molecular complexity index is 585. The number of nitrogens with two attached hydrogens (primary N) is 1. The first kappa shape index (κ1) is 14.2. The summed E-state index contributed by atoms with van der Waals surface area (Å²) in [5.74, 6) is 2.14. The van der Waals surface area contributed by atoms with Crippen LogP contribution in [-0.2, 0) is 6.61 Å². The number of halogens is 1. The maximum atomic E-state index is 5.97. The lowest BCUT2D eigenvalue weighted by Gasteiger charge is -2.29. The van der Waals surface area contributed by atoms with Crippen molar-refractivity contribution in [2.75, 3.05) is 18.0 Å². The van der Waals surface area contributed by atoms with Crippen LogP contribution in [0.15, 0.2) is 24.3 Å². The van der Waals surface area contributed by atoms with E-state index in [-0.39, 0.29) is 6.04 Å². The Labute approximate surface area is 128 Å². The number of aromatic nitrogens is 3. The van der Waals surface area contributed by atoms with Gasteiger partial charge in [0.2, 0.25) is 5.95 Å². The van der Waals surface area contributed by atoms with Gasteiger partial charge in [0, 0.05) is 24.2 Å². The van der Waals surface area contributed by atoms with Gasteiger partial charge in [0.15, 0.2) is 5.82 Å². The van der Waals surface area contributed by atoms with E-state index in [1.165, 1.54) is 0 Å². The molecule has 3 rings (SSSR count). The Kier molecular flexibility index (Phi) is 4.26. The minimum absolute atomic E-state index is 0.200. The predicted molar refractivity (Wildman–Crippen MR) is 81.6 cm³/mol. The van der Waals surface area contributed by atoms with Gasteiger partial charge in [-0.05, 0) is 37.1 Å². The van der Waals surface area contributed by atoms with Crippen LogP contribution in [0.1, 0.15) is 18.7 Å². The Balaban J connectivity index is 1.58. The third-order valence-electron chi connectivity index (χ3n) is 3.45. The maximum absolute atomic E-state index is 5.97. The molecular weight excluding hydrogens is 290 g/mol. The van der Waals surface area contributed by atoms with E-state index in [0.29, 0.717) is 23.4 Å². The molecule has 1 aromatic carbocycles. The van der Waals surface area contributed by atoms with Crippen LogP contribution in [0, 0.1) is 0 Å². The average Bonchev–Trinajstić information content (AvgIpc) is 2.96. The number of benzene rings is 1. The lowest BCUT2D eigenvalue weighted by molar-refractivity contribution is 0.296. The molecule has 0 radical (unpaired) electrons. The molecule has 2 aromatic rings. The lowest BCUT2D eigenvalue weighted by Crippen LogP contribution is -2.43. The van der Waals surface area contributed by atoms with Crippen LogP contribution in [0.4, 0.5) is 5.95 Å². The van der Waals surface area contributed by atoms with E-state index in [9.17, 15) is 0 Å². The van der Waals surface area contributed by atoms with Crippen LogP contribution in [0.3, 0.4) is 0 Å². The van der Waals surface area contributed by atoms with Crippen molar-refractivity contribution in [1.82, 2.24) is 15.2 Å². The maximum Gasteiger partial charge on any atom is 0.244 e. The molecule has 7 heteroatoms. The molecule has 0 aliphatic carbocycles. The van der Waals surface area contributed by atoms with Gasteiger partial charge in [-0.3, -0.25) is 5.10 Å². The zero-order valence-electron chi connectivity index (χ0n) is 11.6. The number of piperidine rings is 1. The fourth-order valence-corrected chi connectivity index (χ4v) is 2.49. The van der Waals surface area contributed by atoms with E-state index in [1.54, 1.807) is 12.1 Å². The molecule has 3 N–H and O–H groups in total. The molecule has 21 heavy (non-hydrogen) atoms. The van der Waals surface area contributed by atoms with Crippen LogP contribution < -0.4 is 15.4 Å². The summed E-state index contributed by atoms with van der Waals surface area (Å²) in [5.41, 5.74) is 5.97. The Morgan fingerprint density at radius 3 is 2.95 bits per heavy atom. The summed E-state index contributed by atoms with van der Waals surface area (Å²) in [4.78, 5) is 6.56. The Morgan fingerprint density at radius 1 is 1.38 bits per heavy atom. The third kappa shape index (κ3) is 3.65. The van der Waals surface area contributed by atoms with Crippen molar-refractivity contribution in [3.63, 3.8) is 0 Å². The van der Waals surface area contributed by atoms with Crippen molar-refractivity contribution >= 4 is 17.5 Å². The molecule has 1 aliphatic heterocycles. The molecule has 1 aliphatic rings. The standard InChI is InChI=1S/C14H18ClN5O/c15-10-3-5-12(6-4-10)21-9-13-17-14(19-18-13)20-7-1-2-11(16)8-20/h3-6,11H,1-2,7-9,16H2,(H,17,18,19). The number of hydrogen-bond acceptors (Lipinski definition) is 5. The number of rotatable bonds is 4. The zero-order valence-corrected chi connectivity index (χ0v) is 12.4. The second kappa shape index (κ2) is 6.32. The highest BCUT2D eigenvalue weighted by molar-refractivity contribution is 6.30. The molecule has 0 bridgehead atoms. The minimum atomic E-state index is 0.200. The lowest BCUT2D eigenvalue weighted by atomic mass is 10.1. The second-order valence-electron chi connectivity index (χ2n) is 5.17. The quantitative estimate of drug-likeness (QED) is 0.902. The van der Waals surface area contributed by atoms with Crippen molar-refractivity contribution in [3.8, 4) is 5.75 Å². The minimum Gasteiger partial charge on any atom is -0.486 e. The summed E-state index contributed by atoms with van der Waals surface area (Å²) >= 11 is 5.83. The molecule has 1 fully saturated rings. The molecule has 0 spiro atoms.